The van der Waals surface area contributed by atoms with Gasteiger partial charge < -0.3 is 10.1 Å². The second kappa shape index (κ2) is 7.36. The van der Waals surface area contributed by atoms with E-state index in [1.165, 1.54) is 11.6 Å². The molecule has 3 aromatic rings. The van der Waals surface area contributed by atoms with Crippen molar-refractivity contribution in [1.29, 1.82) is 0 Å². The molecule has 3 heterocycles. The van der Waals surface area contributed by atoms with Crippen molar-refractivity contribution in [2.24, 2.45) is 19.2 Å². The largest absolute Gasteiger partial charge is 0.497 e. The van der Waals surface area contributed by atoms with Gasteiger partial charge in [-0.2, -0.15) is 10.1 Å². The summed E-state index contributed by atoms with van der Waals surface area (Å²) in [5.74, 6) is 1.33. The van der Waals surface area contributed by atoms with Crippen LogP contribution in [0, 0.1) is 0 Å². The molecule has 2 aromatic heterocycles. The number of aryl methyl sites for hydroxylation is 1. The third kappa shape index (κ3) is 3.04. The Morgan fingerprint density at radius 2 is 1.97 bits per heavy atom. The summed E-state index contributed by atoms with van der Waals surface area (Å²) < 4.78 is 9.63. The number of imidazole rings is 1. The normalized spacial score (nSPS) is 15.8. The average Bonchev–Trinajstić information content (AvgIpc) is 3.15. The molecule has 1 aliphatic rings. The van der Waals surface area contributed by atoms with Crippen LogP contribution in [0.5, 0.6) is 5.75 Å². The Morgan fingerprint density at radius 1 is 1.20 bits per heavy atom. The van der Waals surface area contributed by atoms with Gasteiger partial charge >= 0.3 is 5.69 Å². The number of nitrogens with zero attached hydrogens (tertiary/aromatic N) is 6. The maximum Gasteiger partial charge on any atom is 0.332 e. The minimum atomic E-state index is -0.403. The van der Waals surface area contributed by atoms with E-state index < -0.39 is 5.69 Å². The quantitative estimate of drug-likeness (QED) is 0.680. The molecule has 1 unspecified atom stereocenters. The lowest BCUT2D eigenvalue weighted by molar-refractivity contribution is 0.415. The van der Waals surface area contributed by atoms with E-state index in [1.807, 2.05) is 42.7 Å². The summed E-state index contributed by atoms with van der Waals surface area (Å²) in [6.45, 7) is 5.02. The van der Waals surface area contributed by atoms with Gasteiger partial charge in [-0.1, -0.05) is 6.07 Å². The number of fused-ring (bicyclic) bond motifs is 3. The van der Waals surface area contributed by atoms with E-state index in [0.717, 1.165) is 21.7 Å². The molecule has 1 atom stereocenters. The number of methoxy groups -OCH3 is 1. The Morgan fingerprint density at radius 3 is 2.70 bits per heavy atom. The van der Waals surface area contributed by atoms with Crippen molar-refractivity contribution in [2.75, 3.05) is 30.5 Å². The summed E-state index contributed by atoms with van der Waals surface area (Å²) in [5, 5.41) is 9.79. The molecular weight excluding hydrogens is 386 g/mol. The van der Waals surface area contributed by atoms with Gasteiger partial charge in [-0.25, -0.2) is 9.80 Å². The average molecular weight is 411 g/mol. The highest BCUT2D eigenvalue weighted by Gasteiger charge is 2.30. The van der Waals surface area contributed by atoms with Crippen molar-refractivity contribution in [3.05, 3.63) is 45.1 Å². The summed E-state index contributed by atoms with van der Waals surface area (Å²) in [4.78, 5) is 29.8. The van der Waals surface area contributed by atoms with Crippen molar-refractivity contribution >= 4 is 28.5 Å². The third-order valence-corrected chi connectivity index (χ3v) is 5.50. The Hall–Kier alpha value is -3.56. The second-order valence-corrected chi connectivity index (χ2v) is 7.36. The van der Waals surface area contributed by atoms with E-state index in [-0.39, 0.29) is 11.6 Å². The summed E-state index contributed by atoms with van der Waals surface area (Å²) in [6.07, 6.45) is 0. The molecule has 10 nitrogen and oxygen atoms in total. The first-order valence-electron chi connectivity index (χ1n) is 9.72. The van der Waals surface area contributed by atoms with Crippen LogP contribution in [0.3, 0.4) is 0 Å². The molecule has 0 aliphatic carbocycles. The molecule has 0 radical (unpaired) electrons. The van der Waals surface area contributed by atoms with Crippen LogP contribution in [-0.4, -0.2) is 44.6 Å². The lowest BCUT2D eigenvalue weighted by Crippen LogP contribution is -2.39. The minimum Gasteiger partial charge on any atom is -0.497 e. The highest BCUT2D eigenvalue weighted by molar-refractivity contribution is 5.91. The van der Waals surface area contributed by atoms with Crippen LogP contribution in [-0.2, 0) is 14.1 Å². The van der Waals surface area contributed by atoms with E-state index >= 15 is 0 Å². The highest BCUT2D eigenvalue weighted by Crippen LogP contribution is 2.29. The van der Waals surface area contributed by atoms with Crippen molar-refractivity contribution in [1.82, 2.24) is 18.7 Å². The first-order valence-corrected chi connectivity index (χ1v) is 9.72. The molecule has 10 heteroatoms. The summed E-state index contributed by atoms with van der Waals surface area (Å²) in [7, 11) is 4.73. The van der Waals surface area contributed by atoms with Crippen LogP contribution in [0.4, 0.5) is 11.6 Å². The fourth-order valence-electron chi connectivity index (χ4n) is 3.65. The van der Waals surface area contributed by atoms with Gasteiger partial charge in [0.15, 0.2) is 11.2 Å². The molecule has 0 saturated heterocycles. The van der Waals surface area contributed by atoms with E-state index in [4.69, 9.17) is 4.74 Å². The van der Waals surface area contributed by atoms with Gasteiger partial charge in [0.05, 0.1) is 25.4 Å². The Balaban J connectivity index is 1.70. The van der Waals surface area contributed by atoms with Crippen LogP contribution < -0.4 is 26.3 Å². The van der Waals surface area contributed by atoms with Crippen LogP contribution in [0.25, 0.3) is 11.2 Å². The van der Waals surface area contributed by atoms with Crippen LogP contribution in [0.15, 0.2) is 39.0 Å². The maximum atomic E-state index is 12.9. The van der Waals surface area contributed by atoms with E-state index in [1.54, 1.807) is 19.2 Å². The summed E-state index contributed by atoms with van der Waals surface area (Å²) >= 11 is 0. The zero-order chi connectivity index (χ0) is 21.6. The molecule has 0 bridgehead atoms. The zero-order valence-electron chi connectivity index (χ0n) is 17.7. The Bertz CT molecular complexity index is 1270. The van der Waals surface area contributed by atoms with Crippen molar-refractivity contribution in [3.8, 4) is 5.75 Å². The number of aromatic nitrogens is 4. The Kier molecular flexibility index (Phi) is 4.84. The molecule has 0 spiro atoms. The first-order chi connectivity index (χ1) is 14.3. The standard InChI is InChI=1S/C20H25N7O3/c1-12-13(2)27-16-17(24(3)20(29)25(4)18(16)28)22-19(27)26(23-12)10-9-21-14-7-6-8-15(11-14)30-5/h6-8,11,13,21H,9-10H2,1-5H3. The van der Waals surface area contributed by atoms with Crippen LogP contribution in [0.1, 0.15) is 19.9 Å². The molecule has 1 N–H and O–H groups in total. The number of hydrazone groups is 1. The van der Waals surface area contributed by atoms with E-state index in [2.05, 4.69) is 15.4 Å². The predicted molar refractivity (Wildman–Crippen MR) is 117 cm³/mol. The number of nitrogens with one attached hydrogen (secondary N) is 1. The Labute approximate surface area is 173 Å². The first kappa shape index (κ1) is 19.7. The van der Waals surface area contributed by atoms with Gasteiger partial charge in [-0.05, 0) is 26.0 Å². The predicted octanol–water partition coefficient (Wildman–Crippen LogP) is 1.31. The number of benzene rings is 1. The lowest BCUT2D eigenvalue weighted by atomic mass is 10.2. The molecule has 0 amide bonds. The lowest BCUT2D eigenvalue weighted by Gasteiger charge is -2.29. The van der Waals surface area contributed by atoms with Crippen LogP contribution in [0.2, 0.25) is 0 Å². The van der Waals surface area contributed by atoms with Gasteiger partial charge in [-0.15, -0.1) is 0 Å². The molecule has 30 heavy (non-hydrogen) atoms. The van der Waals surface area contributed by atoms with Gasteiger partial charge in [0, 0.05) is 32.4 Å². The minimum absolute atomic E-state index is 0.141. The number of hydrogen-bond donors (Lipinski definition) is 1. The molecule has 0 fully saturated rings. The van der Waals surface area contributed by atoms with E-state index in [0.29, 0.717) is 30.2 Å². The maximum absolute atomic E-state index is 12.9. The zero-order valence-corrected chi connectivity index (χ0v) is 17.7. The fraction of sp³-hybridized carbons (Fsp3) is 0.400. The van der Waals surface area contributed by atoms with Crippen molar-refractivity contribution in [2.45, 2.75) is 19.9 Å². The summed E-state index contributed by atoms with van der Waals surface area (Å²) in [6, 6.07) is 7.54. The third-order valence-electron chi connectivity index (χ3n) is 5.50. The number of anilines is 2. The second-order valence-electron chi connectivity index (χ2n) is 7.36. The molecular formula is C20H25N7O3. The van der Waals surface area contributed by atoms with Crippen molar-refractivity contribution < 1.29 is 4.74 Å². The van der Waals surface area contributed by atoms with Crippen molar-refractivity contribution in [3.63, 3.8) is 0 Å². The van der Waals surface area contributed by atoms with Gasteiger partial charge in [-0.3, -0.25) is 18.5 Å². The topological polar surface area (TPSA) is 98.7 Å². The SMILES string of the molecule is COc1cccc(NCCN2N=C(C)C(C)n3c2nc2c3c(=O)n(C)c(=O)n2C)c1. The summed E-state index contributed by atoms with van der Waals surface area (Å²) in [5.41, 5.74) is 1.80. The monoisotopic (exact) mass is 411 g/mol. The number of hydrogen-bond acceptors (Lipinski definition) is 7. The smallest absolute Gasteiger partial charge is 0.332 e. The molecule has 158 valence electrons. The molecule has 1 aliphatic heterocycles. The highest BCUT2D eigenvalue weighted by atomic mass is 16.5. The van der Waals surface area contributed by atoms with Gasteiger partial charge in [0.25, 0.3) is 5.56 Å². The molecule has 4 rings (SSSR count). The van der Waals surface area contributed by atoms with Gasteiger partial charge in [0.2, 0.25) is 5.95 Å². The fourth-order valence-corrected chi connectivity index (χ4v) is 3.65. The van der Waals surface area contributed by atoms with Gasteiger partial charge in [0.1, 0.15) is 5.75 Å². The number of rotatable bonds is 5. The number of ether oxygens (including phenoxy) is 1. The van der Waals surface area contributed by atoms with Crippen LogP contribution >= 0.6 is 0 Å². The molecule has 1 aromatic carbocycles. The van der Waals surface area contributed by atoms with E-state index in [9.17, 15) is 9.59 Å². The molecule has 0 saturated carbocycles.